The van der Waals surface area contributed by atoms with Gasteiger partial charge in [-0.1, -0.05) is 30.3 Å². The molecule has 1 aromatic carbocycles. The lowest BCUT2D eigenvalue weighted by atomic mass is 9.74. The van der Waals surface area contributed by atoms with E-state index in [9.17, 15) is 5.26 Å². The molecule has 1 aromatic rings. The minimum Gasteiger partial charge on any atom is -0.376 e. The first-order valence-electron chi connectivity index (χ1n) is 8.21. The van der Waals surface area contributed by atoms with Crippen LogP contribution >= 0.6 is 0 Å². The second kappa shape index (κ2) is 7.23. The van der Waals surface area contributed by atoms with Crippen LogP contribution in [0.15, 0.2) is 30.3 Å². The zero-order valence-corrected chi connectivity index (χ0v) is 13.0. The van der Waals surface area contributed by atoms with E-state index in [1.165, 1.54) is 5.56 Å². The number of likely N-dealkylation sites (tertiary alicyclic amines) is 1. The van der Waals surface area contributed by atoms with E-state index in [1.54, 1.807) is 0 Å². The SMILES string of the molecule is N#CC1(c2ccccc2)CCN(CCC2COCCO2)CC1. The van der Waals surface area contributed by atoms with E-state index in [2.05, 4.69) is 23.1 Å². The summed E-state index contributed by atoms with van der Waals surface area (Å²) in [7, 11) is 0. The first-order valence-corrected chi connectivity index (χ1v) is 8.21. The number of nitriles is 1. The molecule has 0 saturated carbocycles. The summed E-state index contributed by atoms with van der Waals surface area (Å²) in [5, 5.41) is 9.71. The summed E-state index contributed by atoms with van der Waals surface area (Å²) in [5.41, 5.74) is 0.864. The van der Waals surface area contributed by atoms with Gasteiger partial charge in [-0.25, -0.2) is 0 Å². The predicted molar refractivity (Wildman–Crippen MR) is 84.6 cm³/mol. The minimum absolute atomic E-state index is 0.241. The fraction of sp³-hybridized carbons (Fsp3) is 0.611. The molecule has 2 aliphatic heterocycles. The third-order valence-corrected chi connectivity index (χ3v) is 4.90. The van der Waals surface area contributed by atoms with Gasteiger partial charge >= 0.3 is 0 Å². The predicted octanol–water partition coefficient (Wildman–Crippen LogP) is 2.35. The lowest BCUT2D eigenvalue weighted by molar-refractivity contribution is -0.0931. The second-order valence-electron chi connectivity index (χ2n) is 6.26. The molecule has 1 atom stereocenters. The normalized spacial score (nSPS) is 25.5. The van der Waals surface area contributed by atoms with Crippen LogP contribution in [-0.4, -0.2) is 50.5 Å². The average Bonchev–Trinajstić information content (AvgIpc) is 2.62. The van der Waals surface area contributed by atoms with Gasteiger partial charge < -0.3 is 14.4 Å². The van der Waals surface area contributed by atoms with Gasteiger partial charge in [-0.05, 0) is 37.9 Å². The molecule has 2 saturated heterocycles. The van der Waals surface area contributed by atoms with Gasteiger partial charge in [0.05, 0.1) is 37.4 Å². The summed E-state index contributed by atoms with van der Waals surface area (Å²) in [6.45, 7) is 5.16. The first-order chi connectivity index (χ1) is 10.8. The Labute approximate surface area is 132 Å². The zero-order chi connectivity index (χ0) is 15.3. The second-order valence-corrected chi connectivity index (χ2v) is 6.26. The van der Waals surface area contributed by atoms with Crippen LogP contribution in [0.2, 0.25) is 0 Å². The van der Waals surface area contributed by atoms with Gasteiger partial charge in [-0.3, -0.25) is 0 Å². The summed E-state index contributed by atoms with van der Waals surface area (Å²) in [6, 6.07) is 12.8. The summed E-state index contributed by atoms with van der Waals surface area (Å²) in [5.74, 6) is 0. The summed E-state index contributed by atoms with van der Waals surface area (Å²) < 4.78 is 11.1. The van der Waals surface area contributed by atoms with Crippen LogP contribution in [0, 0.1) is 11.3 Å². The highest BCUT2D eigenvalue weighted by Gasteiger charge is 2.36. The van der Waals surface area contributed by atoms with Crippen molar-refractivity contribution in [2.45, 2.75) is 30.8 Å². The molecule has 2 heterocycles. The maximum atomic E-state index is 9.71. The largest absolute Gasteiger partial charge is 0.376 e. The van der Waals surface area contributed by atoms with E-state index in [0.717, 1.165) is 58.7 Å². The Balaban J connectivity index is 1.52. The third kappa shape index (κ3) is 3.49. The van der Waals surface area contributed by atoms with E-state index in [0.29, 0.717) is 0 Å². The highest BCUT2D eigenvalue weighted by Crippen LogP contribution is 2.34. The fourth-order valence-corrected chi connectivity index (χ4v) is 3.41. The molecule has 0 spiro atoms. The molecular formula is C18H24N2O2. The van der Waals surface area contributed by atoms with Crippen molar-refractivity contribution < 1.29 is 9.47 Å². The molecule has 0 amide bonds. The maximum absolute atomic E-state index is 9.71. The molecule has 0 N–H and O–H groups in total. The molecule has 3 rings (SSSR count). The van der Waals surface area contributed by atoms with Crippen molar-refractivity contribution in [1.82, 2.24) is 4.90 Å². The fourth-order valence-electron chi connectivity index (χ4n) is 3.41. The summed E-state index contributed by atoms with van der Waals surface area (Å²) >= 11 is 0. The number of rotatable bonds is 4. The molecule has 4 nitrogen and oxygen atoms in total. The van der Waals surface area contributed by atoms with Crippen LogP contribution in [0.5, 0.6) is 0 Å². The Morgan fingerprint density at radius 3 is 2.59 bits per heavy atom. The Bertz CT molecular complexity index is 498. The lowest BCUT2D eigenvalue weighted by Crippen LogP contribution is -2.43. The molecule has 4 heteroatoms. The van der Waals surface area contributed by atoms with Gasteiger partial charge in [0, 0.05) is 6.54 Å². The number of piperidine rings is 1. The van der Waals surface area contributed by atoms with E-state index in [4.69, 9.17) is 9.47 Å². The topological polar surface area (TPSA) is 45.5 Å². The van der Waals surface area contributed by atoms with Gasteiger partial charge in [0.1, 0.15) is 0 Å². The van der Waals surface area contributed by atoms with Gasteiger partial charge in [0.25, 0.3) is 0 Å². The summed E-state index contributed by atoms with van der Waals surface area (Å²) in [6.07, 6.45) is 3.08. The Hall–Kier alpha value is -1.41. The van der Waals surface area contributed by atoms with Crippen molar-refractivity contribution in [1.29, 1.82) is 5.26 Å². The Morgan fingerprint density at radius 2 is 1.95 bits per heavy atom. The van der Waals surface area contributed by atoms with Gasteiger partial charge in [-0.15, -0.1) is 0 Å². The van der Waals surface area contributed by atoms with Crippen LogP contribution in [0.25, 0.3) is 0 Å². The maximum Gasteiger partial charge on any atom is 0.0846 e. The average molecular weight is 300 g/mol. The number of ether oxygens (including phenoxy) is 2. The van der Waals surface area contributed by atoms with Crippen LogP contribution in [-0.2, 0) is 14.9 Å². The van der Waals surface area contributed by atoms with Crippen LogP contribution in [0.3, 0.4) is 0 Å². The molecule has 0 bridgehead atoms. The minimum atomic E-state index is -0.303. The quantitative estimate of drug-likeness (QED) is 0.856. The molecule has 118 valence electrons. The lowest BCUT2D eigenvalue weighted by Gasteiger charge is -2.38. The molecule has 2 fully saturated rings. The Morgan fingerprint density at radius 1 is 1.18 bits per heavy atom. The van der Waals surface area contributed by atoms with E-state index < -0.39 is 0 Å². The van der Waals surface area contributed by atoms with Crippen LogP contribution < -0.4 is 0 Å². The molecule has 0 aromatic heterocycles. The van der Waals surface area contributed by atoms with Crippen molar-refractivity contribution in [2.24, 2.45) is 0 Å². The number of hydrogen-bond donors (Lipinski definition) is 0. The van der Waals surface area contributed by atoms with Gasteiger partial charge in [-0.2, -0.15) is 5.26 Å². The van der Waals surface area contributed by atoms with Crippen molar-refractivity contribution in [3.05, 3.63) is 35.9 Å². The van der Waals surface area contributed by atoms with E-state index >= 15 is 0 Å². The third-order valence-electron chi connectivity index (χ3n) is 4.90. The number of hydrogen-bond acceptors (Lipinski definition) is 4. The number of benzene rings is 1. The van der Waals surface area contributed by atoms with Crippen molar-refractivity contribution in [3.63, 3.8) is 0 Å². The highest BCUT2D eigenvalue weighted by molar-refractivity contribution is 5.33. The van der Waals surface area contributed by atoms with Gasteiger partial charge in [0.2, 0.25) is 0 Å². The van der Waals surface area contributed by atoms with Crippen LogP contribution in [0.4, 0.5) is 0 Å². The van der Waals surface area contributed by atoms with Crippen molar-refractivity contribution in [3.8, 4) is 6.07 Å². The van der Waals surface area contributed by atoms with Crippen molar-refractivity contribution >= 4 is 0 Å². The number of nitrogens with zero attached hydrogens (tertiary/aromatic N) is 2. The van der Waals surface area contributed by atoms with Gasteiger partial charge in [0.15, 0.2) is 0 Å². The molecule has 0 aliphatic carbocycles. The van der Waals surface area contributed by atoms with Crippen molar-refractivity contribution in [2.75, 3.05) is 39.5 Å². The standard InChI is InChI=1S/C18H24N2O2/c19-15-18(16-4-2-1-3-5-16)7-10-20(11-8-18)9-6-17-14-21-12-13-22-17/h1-5,17H,6-14H2. The zero-order valence-electron chi connectivity index (χ0n) is 13.0. The molecular weight excluding hydrogens is 276 g/mol. The first kappa shape index (κ1) is 15.5. The van der Waals surface area contributed by atoms with Crippen LogP contribution in [0.1, 0.15) is 24.8 Å². The molecule has 1 unspecified atom stereocenters. The smallest absolute Gasteiger partial charge is 0.0846 e. The molecule has 2 aliphatic rings. The van der Waals surface area contributed by atoms with E-state index in [-0.39, 0.29) is 11.5 Å². The summed E-state index contributed by atoms with van der Waals surface area (Å²) in [4.78, 5) is 2.45. The molecule has 0 radical (unpaired) electrons. The van der Waals surface area contributed by atoms with E-state index in [1.807, 2.05) is 18.2 Å². The molecule has 22 heavy (non-hydrogen) atoms. The Kier molecular flexibility index (Phi) is 5.09. The monoisotopic (exact) mass is 300 g/mol. The highest BCUT2D eigenvalue weighted by atomic mass is 16.6.